The van der Waals surface area contributed by atoms with E-state index in [1.165, 1.54) is 0 Å². The van der Waals surface area contributed by atoms with Gasteiger partial charge in [-0.1, -0.05) is 35.3 Å². The Bertz CT molecular complexity index is 841. The maximum Gasteiger partial charge on any atom is 0.241 e. The average Bonchev–Trinajstić information content (AvgIpc) is 2.60. The molecule has 0 aliphatic carbocycles. The number of rotatable bonds is 6. The standard InChI is InChI=1S/C19H20BrCl2N3O2/c1-11-7-8-16(13(20)9-11)23-19(27)12(2)25(3)10-17(26)24-18-14(21)5-4-6-15(18)22/h4-9,12H,10H2,1-3H3,(H,23,27)(H,24,26). The number of nitrogens with one attached hydrogen (secondary N) is 2. The van der Waals surface area contributed by atoms with Crippen molar-refractivity contribution in [2.75, 3.05) is 24.2 Å². The van der Waals surface area contributed by atoms with E-state index in [1.54, 1.807) is 37.1 Å². The molecule has 8 heteroatoms. The molecular formula is C19H20BrCl2N3O2. The molecule has 0 aliphatic rings. The first-order chi connectivity index (χ1) is 12.7. The Kier molecular flexibility index (Phi) is 7.68. The highest BCUT2D eigenvalue weighted by Gasteiger charge is 2.21. The van der Waals surface area contributed by atoms with E-state index in [9.17, 15) is 9.59 Å². The van der Waals surface area contributed by atoms with Crippen LogP contribution in [0, 0.1) is 6.92 Å². The number of para-hydroxylation sites is 1. The minimum Gasteiger partial charge on any atom is -0.324 e. The molecule has 1 unspecified atom stereocenters. The third-order valence-corrected chi connectivity index (χ3v) is 5.33. The van der Waals surface area contributed by atoms with Gasteiger partial charge in [0.2, 0.25) is 11.8 Å². The van der Waals surface area contributed by atoms with Crippen molar-refractivity contribution < 1.29 is 9.59 Å². The Labute approximate surface area is 177 Å². The summed E-state index contributed by atoms with van der Waals surface area (Å²) >= 11 is 15.6. The van der Waals surface area contributed by atoms with Crippen LogP contribution in [0.4, 0.5) is 11.4 Å². The first kappa shape index (κ1) is 21.7. The maximum atomic E-state index is 12.5. The number of benzene rings is 2. The van der Waals surface area contributed by atoms with Crippen molar-refractivity contribution in [1.29, 1.82) is 0 Å². The Morgan fingerprint density at radius 2 is 1.78 bits per heavy atom. The van der Waals surface area contributed by atoms with Crippen molar-refractivity contribution >= 4 is 62.3 Å². The summed E-state index contributed by atoms with van der Waals surface area (Å²) in [6.45, 7) is 3.70. The number of hydrogen-bond donors (Lipinski definition) is 2. The molecule has 2 N–H and O–H groups in total. The minimum absolute atomic E-state index is 0.00516. The predicted molar refractivity (Wildman–Crippen MR) is 115 cm³/mol. The van der Waals surface area contributed by atoms with E-state index in [1.807, 2.05) is 25.1 Å². The number of anilines is 2. The van der Waals surface area contributed by atoms with E-state index in [4.69, 9.17) is 23.2 Å². The Balaban J connectivity index is 1.96. The van der Waals surface area contributed by atoms with Gasteiger partial charge in [-0.3, -0.25) is 14.5 Å². The largest absolute Gasteiger partial charge is 0.324 e. The monoisotopic (exact) mass is 471 g/mol. The van der Waals surface area contributed by atoms with Gasteiger partial charge in [0.15, 0.2) is 0 Å². The smallest absolute Gasteiger partial charge is 0.241 e. The molecule has 0 aromatic heterocycles. The van der Waals surface area contributed by atoms with Gasteiger partial charge in [-0.25, -0.2) is 0 Å². The molecule has 2 amide bonds. The van der Waals surface area contributed by atoms with Gasteiger partial charge in [-0.15, -0.1) is 0 Å². The zero-order chi connectivity index (χ0) is 20.1. The molecule has 2 aromatic carbocycles. The SMILES string of the molecule is Cc1ccc(NC(=O)C(C)N(C)CC(=O)Nc2c(Cl)cccc2Cl)c(Br)c1. The van der Waals surface area contributed by atoms with Crippen LogP contribution < -0.4 is 10.6 Å². The third kappa shape index (κ3) is 5.94. The van der Waals surface area contributed by atoms with Crippen LogP contribution in [0.15, 0.2) is 40.9 Å². The number of carbonyl (C=O) groups excluding carboxylic acids is 2. The van der Waals surface area contributed by atoms with Crippen LogP contribution in [0.25, 0.3) is 0 Å². The summed E-state index contributed by atoms with van der Waals surface area (Å²) in [6, 6.07) is 10.1. The molecule has 0 bridgehead atoms. The minimum atomic E-state index is -0.523. The molecule has 144 valence electrons. The summed E-state index contributed by atoms with van der Waals surface area (Å²) < 4.78 is 0.803. The number of likely N-dealkylation sites (N-methyl/N-ethyl adjacent to an activating group) is 1. The first-order valence-corrected chi connectivity index (χ1v) is 9.75. The number of aryl methyl sites for hydroxylation is 1. The van der Waals surface area contributed by atoms with E-state index in [2.05, 4.69) is 26.6 Å². The first-order valence-electron chi connectivity index (χ1n) is 8.20. The zero-order valence-corrected chi connectivity index (χ0v) is 18.2. The van der Waals surface area contributed by atoms with E-state index >= 15 is 0 Å². The number of nitrogens with zero attached hydrogens (tertiary/aromatic N) is 1. The normalized spacial score (nSPS) is 12.0. The lowest BCUT2D eigenvalue weighted by molar-refractivity contribution is -0.122. The molecule has 27 heavy (non-hydrogen) atoms. The number of carbonyl (C=O) groups is 2. The van der Waals surface area contributed by atoms with Crippen LogP contribution in [0.2, 0.25) is 10.0 Å². The van der Waals surface area contributed by atoms with Crippen LogP contribution >= 0.6 is 39.1 Å². The highest BCUT2D eigenvalue weighted by molar-refractivity contribution is 9.10. The molecule has 0 spiro atoms. The molecule has 2 rings (SSSR count). The average molecular weight is 473 g/mol. The van der Waals surface area contributed by atoms with Crippen molar-refractivity contribution in [3.8, 4) is 0 Å². The number of hydrogen-bond acceptors (Lipinski definition) is 3. The molecule has 0 saturated carbocycles. The Hall–Kier alpha value is -1.60. The predicted octanol–water partition coefficient (Wildman–Crippen LogP) is 4.96. The molecular weight excluding hydrogens is 453 g/mol. The van der Waals surface area contributed by atoms with Gasteiger partial charge in [0, 0.05) is 4.47 Å². The molecule has 0 aliphatic heterocycles. The lowest BCUT2D eigenvalue weighted by Gasteiger charge is -2.23. The van der Waals surface area contributed by atoms with Crippen molar-refractivity contribution in [2.24, 2.45) is 0 Å². The van der Waals surface area contributed by atoms with Crippen molar-refractivity contribution in [3.63, 3.8) is 0 Å². The van der Waals surface area contributed by atoms with Gasteiger partial charge in [0.1, 0.15) is 0 Å². The lowest BCUT2D eigenvalue weighted by Crippen LogP contribution is -2.43. The number of halogens is 3. The maximum absolute atomic E-state index is 12.5. The molecule has 0 heterocycles. The van der Waals surface area contributed by atoms with E-state index < -0.39 is 6.04 Å². The van der Waals surface area contributed by atoms with Crippen LogP contribution in [0.1, 0.15) is 12.5 Å². The van der Waals surface area contributed by atoms with Gasteiger partial charge in [-0.2, -0.15) is 0 Å². The third-order valence-electron chi connectivity index (χ3n) is 4.04. The highest BCUT2D eigenvalue weighted by Crippen LogP contribution is 2.29. The Morgan fingerprint density at radius 3 is 2.37 bits per heavy atom. The lowest BCUT2D eigenvalue weighted by atomic mass is 10.2. The topological polar surface area (TPSA) is 61.4 Å². The van der Waals surface area contributed by atoms with Gasteiger partial charge in [0.25, 0.3) is 0 Å². The quantitative estimate of drug-likeness (QED) is 0.624. The molecule has 0 fully saturated rings. The number of amides is 2. The molecule has 0 saturated heterocycles. The second-order valence-corrected chi connectivity index (χ2v) is 7.88. The van der Waals surface area contributed by atoms with Crippen LogP contribution in [-0.2, 0) is 9.59 Å². The van der Waals surface area contributed by atoms with E-state index in [0.717, 1.165) is 10.0 Å². The zero-order valence-electron chi connectivity index (χ0n) is 15.1. The van der Waals surface area contributed by atoms with Gasteiger partial charge in [0.05, 0.1) is 34.0 Å². The van der Waals surface area contributed by atoms with Crippen LogP contribution in [0.5, 0.6) is 0 Å². The molecule has 1 atom stereocenters. The van der Waals surface area contributed by atoms with Crippen LogP contribution in [0.3, 0.4) is 0 Å². The van der Waals surface area contributed by atoms with Crippen molar-refractivity contribution in [1.82, 2.24) is 4.90 Å². The van der Waals surface area contributed by atoms with Gasteiger partial charge >= 0.3 is 0 Å². The van der Waals surface area contributed by atoms with Crippen LogP contribution in [-0.4, -0.2) is 36.3 Å². The second-order valence-electron chi connectivity index (χ2n) is 6.21. The van der Waals surface area contributed by atoms with Gasteiger partial charge < -0.3 is 10.6 Å². The van der Waals surface area contributed by atoms with E-state index in [-0.39, 0.29) is 18.4 Å². The summed E-state index contributed by atoms with van der Waals surface area (Å²) in [5, 5.41) is 6.25. The fraction of sp³-hybridized carbons (Fsp3) is 0.263. The van der Waals surface area contributed by atoms with Gasteiger partial charge in [-0.05, 0) is 66.7 Å². The van der Waals surface area contributed by atoms with Crippen molar-refractivity contribution in [2.45, 2.75) is 19.9 Å². The summed E-state index contributed by atoms with van der Waals surface area (Å²) in [4.78, 5) is 26.4. The van der Waals surface area contributed by atoms with Crippen molar-refractivity contribution in [3.05, 3.63) is 56.5 Å². The summed E-state index contributed by atoms with van der Waals surface area (Å²) in [5.74, 6) is -0.533. The second kappa shape index (κ2) is 9.55. The highest BCUT2D eigenvalue weighted by atomic mass is 79.9. The van der Waals surface area contributed by atoms with E-state index in [0.29, 0.717) is 21.4 Å². The Morgan fingerprint density at radius 1 is 1.15 bits per heavy atom. The summed E-state index contributed by atoms with van der Waals surface area (Å²) in [7, 11) is 1.70. The summed E-state index contributed by atoms with van der Waals surface area (Å²) in [6.07, 6.45) is 0. The fourth-order valence-corrected chi connectivity index (χ4v) is 3.40. The fourth-order valence-electron chi connectivity index (χ4n) is 2.32. The summed E-state index contributed by atoms with van der Waals surface area (Å²) in [5.41, 5.74) is 2.12. The molecule has 0 radical (unpaired) electrons. The molecule has 2 aromatic rings. The molecule has 5 nitrogen and oxygen atoms in total.